The topological polar surface area (TPSA) is 79.4 Å². The molecule has 0 aliphatic carbocycles. The minimum atomic E-state index is -3.29. The molecule has 0 spiro atoms. The smallest absolute Gasteiger partial charge is 0.270 e. The van der Waals surface area contributed by atoms with Crippen molar-refractivity contribution in [2.24, 2.45) is 11.8 Å². The molecule has 1 amide bonds. The summed E-state index contributed by atoms with van der Waals surface area (Å²) in [6.45, 7) is 9.20. The van der Waals surface area contributed by atoms with Crippen LogP contribution in [0.4, 0.5) is 0 Å². The first-order chi connectivity index (χ1) is 10.1. The van der Waals surface area contributed by atoms with Gasteiger partial charge in [0.25, 0.3) is 5.91 Å². The second-order valence-electron chi connectivity index (χ2n) is 6.18. The quantitative estimate of drug-likeness (QED) is 0.779. The monoisotopic (exact) mass is 347 g/mol. The van der Waals surface area contributed by atoms with E-state index in [1.165, 1.54) is 21.9 Å². The summed E-state index contributed by atoms with van der Waals surface area (Å²) in [5, 5.41) is 5.09. The molecule has 0 bridgehead atoms. The Morgan fingerprint density at radius 1 is 1.32 bits per heavy atom. The molecule has 0 aliphatic heterocycles. The van der Waals surface area contributed by atoms with E-state index < -0.39 is 10.0 Å². The summed E-state index contributed by atoms with van der Waals surface area (Å²) >= 11 is 1.31. The van der Waals surface area contributed by atoms with Crippen LogP contribution in [0.3, 0.4) is 0 Å². The molecule has 8 heteroatoms. The van der Waals surface area contributed by atoms with Gasteiger partial charge in [-0.15, -0.1) is 11.3 Å². The van der Waals surface area contributed by atoms with Crippen molar-refractivity contribution in [3.8, 4) is 0 Å². The summed E-state index contributed by atoms with van der Waals surface area (Å²) in [5.74, 6) is 0.378. The Morgan fingerprint density at radius 2 is 1.95 bits per heavy atom. The first-order valence-electron chi connectivity index (χ1n) is 7.27. The summed E-state index contributed by atoms with van der Waals surface area (Å²) in [6, 6.07) is 0. The molecule has 1 aromatic heterocycles. The van der Waals surface area contributed by atoms with Gasteiger partial charge in [-0.25, -0.2) is 13.4 Å². The molecule has 0 unspecified atom stereocenters. The molecule has 1 N–H and O–H groups in total. The van der Waals surface area contributed by atoms with E-state index in [1.54, 1.807) is 5.38 Å². The lowest BCUT2D eigenvalue weighted by molar-refractivity contribution is 0.0944. The lowest BCUT2D eigenvalue weighted by Gasteiger charge is -2.20. The maximum Gasteiger partial charge on any atom is 0.270 e. The molecule has 22 heavy (non-hydrogen) atoms. The molecule has 0 radical (unpaired) electrons. The number of nitrogens with zero attached hydrogens (tertiary/aromatic N) is 2. The molecule has 1 heterocycles. The molecule has 0 aliphatic rings. The number of amides is 1. The van der Waals surface area contributed by atoms with Crippen LogP contribution in [0.15, 0.2) is 5.38 Å². The molecule has 6 nitrogen and oxygen atoms in total. The van der Waals surface area contributed by atoms with Crippen molar-refractivity contribution >= 4 is 27.3 Å². The lowest BCUT2D eigenvalue weighted by Crippen LogP contribution is -2.33. The highest BCUT2D eigenvalue weighted by Gasteiger charge is 2.20. The van der Waals surface area contributed by atoms with Crippen LogP contribution in [-0.4, -0.2) is 43.0 Å². The molecule has 0 fully saturated rings. The number of rotatable bonds is 8. The Kier molecular flexibility index (Phi) is 6.96. The second kappa shape index (κ2) is 8.03. The SMILES string of the molecule is CC(C)CNC(=O)c1csc(CN(CC(C)C)S(C)(=O)=O)n1. The number of carbonyl (C=O) groups excluding carboxylic acids is 1. The zero-order valence-corrected chi connectivity index (χ0v) is 15.4. The van der Waals surface area contributed by atoms with Crippen molar-refractivity contribution in [2.45, 2.75) is 34.2 Å². The van der Waals surface area contributed by atoms with Crippen LogP contribution < -0.4 is 5.32 Å². The number of thiazole rings is 1. The fourth-order valence-electron chi connectivity index (χ4n) is 1.75. The third kappa shape index (κ3) is 6.41. The molecular formula is C14H25N3O3S2. The Morgan fingerprint density at radius 3 is 2.45 bits per heavy atom. The van der Waals surface area contributed by atoms with E-state index in [4.69, 9.17) is 0 Å². The van der Waals surface area contributed by atoms with E-state index in [1.807, 2.05) is 27.7 Å². The molecule has 126 valence electrons. The minimum Gasteiger partial charge on any atom is -0.350 e. The van der Waals surface area contributed by atoms with E-state index in [0.717, 1.165) is 0 Å². The molecular weight excluding hydrogens is 322 g/mol. The van der Waals surface area contributed by atoms with Crippen LogP contribution >= 0.6 is 11.3 Å². The van der Waals surface area contributed by atoms with E-state index >= 15 is 0 Å². The lowest BCUT2D eigenvalue weighted by atomic mass is 10.2. The van der Waals surface area contributed by atoms with Gasteiger partial charge in [-0.3, -0.25) is 4.79 Å². The summed E-state index contributed by atoms with van der Waals surface area (Å²) < 4.78 is 25.0. The standard InChI is InChI=1S/C14H25N3O3S2/c1-10(2)6-15-14(18)12-9-21-13(16-12)8-17(7-11(3)4)22(5,19)20/h9-11H,6-8H2,1-5H3,(H,15,18). The van der Waals surface area contributed by atoms with Crippen molar-refractivity contribution < 1.29 is 13.2 Å². The van der Waals surface area contributed by atoms with Crippen molar-refractivity contribution in [3.63, 3.8) is 0 Å². The molecule has 0 saturated heterocycles. The van der Waals surface area contributed by atoms with Crippen molar-refractivity contribution in [1.82, 2.24) is 14.6 Å². The average Bonchev–Trinajstić information content (AvgIpc) is 2.82. The largest absolute Gasteiger partial charge is 0.350 e. The summed E-state index contributed by atoms with van der Waals surface area (Å²) in [4.78, 5) is 16.2. The Hall–Kier alpha value is -0.990. The van der Waals surface area contributed by atoms with E-state index in [0.29, 0.717) is 29.7 Å². The summed E-state index contributed by atoms with van der Waals surface area (Å²) in [6.07, 6.45) is 1.19. The van der Waals surface area contributed by atoms with Crippen molar-refractivity contribution in [1.29, 1.82) is 0 Å². The predicted octanol–water partition coefficient (Wildman–Crippen LogP) is 1.95. The van der Waals surface area contributed by atoms with E-state index in [9.17, 15) is 13.2 Å². The van der Waals surface area contributed by atoms with Crippen LogP contribution in [0.1, 0.15) is 43.2 Å². The molecule has 0 atom stereocenters. The van der Waals surface area contributed by atoms with Gasteiger partial charge in [0.1, 0.15) is 10.7 Å². The van der Waals surface area contributed by atoms with Crippen molar-refractivity contribution in [3.05, 3.63) is 16.1 Å². The van der Waals surface area contributed by atoms with Gasteiger partial charge < -0.3 is 5.32 Å². The van der Waals surface area contributed by atoms with Gasteiger partial charge >= 0.3 is 0 Å². The second-order valence-corrected chi connectivity index (χ2v) is 9.10. The van der Waals surface area contributed by atoms with Gasteiger partial charge in [0, 0.05) is 18.5 Å². The molecule has 1 aromatic rings. The number of hydrogen-bond acceptors (Lipinski definition) is 5. The Bertz CT molecular complexity index is 594. The third-order valence-corrected chi connectivity index (χ3v) is 4.85. The fraction of sp³-hybridized carbons (Fsp3) is 0.714. The maximum atomic E-state index is 11.9. The highest BCUT2D eigenvalue weighted by molar-refractivity contribution is 7.88. The highest BCUT2D eigenvalue weighted by Crippen LogP contribution is 2.15. The Labute approximate surface area is 137 Å². The van der Waals surface area contributed by atoms with E-state index in [2.05, 4.69) is 10.3 Å². The zero-order valence-electron chi connectivity index (χ0n) is 13.8. The van der Waals surface area contributed by atoms with Crippen LogP contribution in [0.25, 0.3) is 0 Å². The van der Waals surface area contributed by atoms with Gasteiger partial charge in [-0.1, -0.05) is 27.7 Å². The predicted molar refractivity (Wildman–Crippen MR) is 89.4 cm³/mol. The van der Waals surface area contributed by atoms with Gasteiger partial charge in [-0.2, -0.15) is 4.31 Å². The van der Waals surface area contributed by atoms with Crippen LogP contribution in [0.5, 0.6) is 0 Å². The van der Waals surface area contributed by atoms with Crippen LogP contribution in [-0.2, 0) is 16.6 Å². The average molecular weight is 348 g/mol. The van der Waals surface area contributed by atoms with Gasteiger partial charge in [0.15, 0.2) is 0 Å². The van der Waals surface area contributed by atoms with Gasteiger partial charge in [0.2, 0.25) is 10.0 Å². The van der Waals surface area contributed by atoms with Gasteiger partial charge in [-0.05, 0) is 11.8 Å². The Balaban J connectivity index is 2.76. The summed E-state index contributed by atoms with van der Waals surface area (Å²) in [7, 11) is -3.29. The fourth-order valence-corrected chi connectivity index (χ4v) is 3.55. The molecule has 0 saturated carbocycles. The molecule has 0 aromatic carbocycles. The number of carbonyl (C=O) groups is 1. The van der Waals surface area contributed by atoms with Crippen molar-refractivity contribution in [2.75, 3.05) is 19.3 Å². The maximum absolute atomic E-state index is 11.9. The summed E-state index contributed by atoms with van der Waals surface area (Å²) in [5.41, 5.74) is 0.346. The van der Waals surface area contributed by atoms with Crippen LogP contribution in [0.2, 0.25) is 0 Å². The number of sulfonamides is 1. The molecule has 1 rings (SSSR count). The van der Waals surface area contributed by atoms with Crippen LogP contribution in [0, 0.1) is 11.8 Å². The minimum absolute atomic E-state index is 0.207. The number of nitrogens with one attached hydrogen (secondary N) is 1. The highest BCUT2D eigenvalue weighted by atomic mass is 32.2. The third-order valence-electron chi connectivity index (χ3n) is 2.80. The number of aromatic nitrogens is 1. The first-order valence-corrected chi connectivity index (χ1v) is 10.00. The van der Waals surface area contributed by atoms with E-state index in [-0.39, 0.29) is 18.4 Å². The number of hydrogen-bond donors (Lipinski definition) is 1. The normalized spacial score (nSPS) is 12.4. The first kappa shape index (κ1) is 19.1. The zero-order chi connectivity index (χ0) is 16.9. The van der Waals surface area contributed by atoms with Gasteiger partial charge in [0.05, 0.1) is 12.8 Å².